The van der Waals surface area contributed by atoms with E-state index in [2.05, 4.69) is 0 Å². The Morgan fingerprint density at radius 2 is 1.57 bits per heavy atom. The van der Waals surface area contributed by atoms with Crippen molar-refractivity contribution in [3.05, 3.63) is 47.6 Å². The largest absolute Gasteiger partial charge is 0.460 e. The summed E-state index contributed by atoms with van der Waals surface area (Å²) in [6, 6.07) is -1.14. The van der Waals surface area contributed by atoms with Crippen molar-refractivity contribution in [2.75, 3.05) is 27.9 Å². The predicted octanol–water partition coefficient (Wildman–Crippen LogP) is 6.18. The van der Waals surface area contributed by atoms with Gasteiger partial charge in [-0.3, -0.25) is 19.2 Å². The van der Waals surface area contributed by atoms with Gasteiger partial charge in [-0.2, -0.15) is 0 Å². The van der Waals surface area contributed by atoms with E-state index < -0.39 is 83.9 Å². The van der Waals surface area contributed by atoms with Crippen LogP contribution in [0.25, 0.3) is 0 Å². The highest BCUT2D eigenvalue weighted by Crippen LogP contribution is 2.38. The van der Waals surface area contributed by atoms with E-state index in [1.54, 1.807) is 41.1 Å². The number of allylic oxidation sites excluding steroid dienone is 6. The number of aliphatic hydroxyl groups excluding tert-OH is 2. The van der Waals surface area contributed by atoms with Crippen molar-refractivity contribution in [2.45, 2.75) is 180 Å². The van der Waals surface area contributed by atoms with E-state index in [-0.39, 0.29) is 54.8 Å². The molecule has 3 N–H and O–H groups in total. The normalized spacial score (nSPS) is 40.4. The summed E-state index contributed by atoms with van der Waals surface area (Å²) in [5.41, 5.74) is 1.27. The molecule has 366 valence electrons. The number of ether oxygens (including phenoxy) is 5. The summed E-state index contributed by atoms with van der Waals surface area (Å²) in [5.74, 6) is -7.96. The van der Waals surface area contributed by atoms with Crippen LogP contribution in [0.3, 0.4) is 0 Å². The van der Waals surface area contributed by atoms with Crippen molar-refractivity contribution in [1.29, 1.82) is 0 Å². The zero-order valence-corrected chi connectivity index (χ0v) is 40.6. The van der Waals surface area contributed by atoms with Crippen LogP contribution in [0.5, 0.6) is 0 Å². The quantitative estimate of drug-likeness (QED) is 0.156. The Morgan fingerprint density at radius 1 is 0.846 bits per heavy atom. The molecule has 14 nitrogen and oxygen atoms in total. The molecule has 0 spiro atoms. The minimum atomic E-state index is -2.43. The van der Waals surface area contributed by atoms with Crippen LogP contribution in [-0.4, -0.2) is 132 Å². The molecule has 15 atom stereocenters. The Hall–Kier alpha value is -3.37. The monoisotopic (exact) mass is 914 g/mol. The van der Waals surface area contributed by atoms with Crippen LogP contribution in [0.1, 0.15) is 126 Å². The zero-order valence-electron chi connectivity index (χ0n) is 40.6. The van der Waals surface area contributed by atoms with Gasteiger partial charge in [0.25, 0.3) is 11.7 Å². The average Bonchev–Trinajstić information content (AvgIpc) is 3.28. The fraction of sp³-hybridized carbons (Fsp3) is 0.745. The molecular weight excluding hydrogens is 835 g/mol. The van der Waals surface area contributed by atoms with Crippen LogP contribution in [0.2, 0.25) is 0 Å². The molecule has 3 aliphatic heterocycles. The molecule has 1 amide bonds. The molecule has 0 aromatic heterocycles. The molecule has 2 saturated heterocycles. The summed E-state index contributed by atoms with van der Waals surface area (Å²) in [5, 5.41) is 33.8. The van der Waals surface area contributed by atoms with Crippen LogP contribution in [0, 0.1) is 35.5 Å². The molecule has 0 aromatic rings. The van der Waals surface area contributed by atoms with Crippen molar-refractivity contribution >= 4 is 29.2 Å². The van der Waals surface area contributed by atoms with Crippen LogP contribution in [0.15, 0.2) is 47.6 Å². The first-order chi connectivity index (χ1) is 30.7. The second-order valence-electron chi connectivity index (χ2n) is 19.6. The molecule has 0 aromatic carbocycles. The van der Waals surface area contributed by atoms with Crippen molar-refractivity contribution in [1.82, 2.24) is 4.90 Å². The summed E-state index contributed by atoms with van der Waals surface area (Å²) in [6.07, 6.45) is 11.2. The molecule has 1 saturated carbocycles. The number of amides is 1. The zero-order chi connectivity index (χ0) is 48.2. The van der Waals surface area contributed by atoms with Crippen LogP contribution >= 0.6 is 0 Å². The number of hydrogen-bond donors (Lipinski definition) is 3. The van der Waals surface area contributed by atoms with Gasteiger partial charge in [0.2, 0.25) is 5.79 Å². The first kappa shape index (κ1) is 54.2. The maximum Gasteiger partial charge on any atom is 0.329 e. The summed E-state index contributed by atoms with van der Waals surface area (Å²) >= 11 is 0. The van der Waals surface area contributed by atoms with E-state index in [1.807, 2.05) is 58.1 Å². The van der Waals surface area contributed by atoms with Crippen LogP contribution in [0.4, 0.5) is 0 Å². The Morgan fingerprint density at radius 3 is 2.25 bits per heavy atom. The van der Waals surface area contributed by atoms with Gasteiger partial charge in [-0.1, -0.05) is 71.1 Å². The summed E-state index contributed by atoms with van der Waals surface area (Å²) in [6.45, 7) is 12.7. The van der Waals surface area contributed by atoms with E-state index in [0.717, 1.165) is 12.0 Å². The van der Waals surface area contributed by atoms with Crippen LogP contribution < -0.4 is 0 Å². The number of esters is 1. The molecule has 0 radical (unpaired) electrons. The van der Waals surface area contributed by atoms with Crippen molar-refractivity contribution in [3.8, 4) is 0 Å². The first-order valence-corrected chi connectivity index (χ1v) is 23.9. The third-order valence-electron chi connectivity index (χ3n) is 14.5. The summed E-state index contributed by atoms with van der Waals surface area (Å²) in [7, 11) is 4.52. The fourth-order valence-electron chi connectivity index (χ4n) is 10.1. The number of aliphatic hydroxyl groups is 3. The number of ketones is 3. The number of Topliss-reactive ketones (excluding diaryl/α,β-unsaturated/α-hetero) is 3. The summed E-state index contributed by atoms with van der Waals surface area (Å²) in [4.78, 5) is 71.8. The standard InChI is InChI=1S/C51H79NO13/c1-30-16-12-11-13-17-31(2)42(61-8)28-38-21-19-36(7)51(60,65-38)48(57)49(58)52-23-15-14-18-39(52)50(59)64-43(33(4)26-37-20-22-40(53)44(27-37)62-9)29-41(54)32(3)25-35(6)46(56)47(63-10)45(55)34(5)24-30/h11-13,16-17,25,30,32-34,36-40,42-44,46-47,53,56,60H,14-15,18-24,26-29H2,1-10H3/b13-11+,16-12+,31-17+,35-25+/t30-,32-,33-,34-,36-,37?,38?,39+,40-,42+,43+,44-,46-,47+,51-/m1/s1. The molecular formula is C51H79NO13. The van der Waals surface area contributed by atoms with Crippen molar-refractivity contribution in [3.63, 3.8) is 0 Å². The molecule has 4 aliphatic rings. The first-order valence-electron chi connectivity index (χ1n) is 23.9. The topological polar surface area (TPSA) is 195 Å². The maximum absolute atomic E-state index is 14.4. The predicted molar refractivity (Wildman–Crippen MR) is 245 cm³/mol. The number of rotatable bonds is 6. The van der Waals surface area contributed by atoms with E-state index >= 15 is 0 Å². The molecule has 1 aliphatic carbocycles. The minimum Gasteiger partial charge on any atom is -0.460 e. The number of carbonyl (C=O) groups is 5. The lowest BCUT2D eigenvalue weighted by atomic mass is 9.78. The van der Waals surface area contributed by atoms with Gasteiger partial charge in [0.05, 0.1) is 24.4 Å². The second kappa shape index (κ2) is 25.1. The number of hydrogen-bond acceptors (Lipinski definition) is 13. The van der Waals surface area contributed by atoms with Crippen molar-refractivity contribution < 1.29 is 63.0 Å². The van der Waals surface area contributed by atoms with Gasteiger partial charge in [0.1, 0.15) is 30.1 Å². The highest BCUT2D eigenvalue weighted by molar-refractivity contribution is 6.39. The van der Waals surface area contributed by atoms with Gasteiger partial charge in [-0.25, -0.2) is 4.79 Å². The molecule has 3 heterocycles. The molecule has 4 rings (SSSR count). The van der Waals surface area contributed by atoms with Gasteiger partial charge < -0.3 is 43.9 Å². The Labute approximate surface area is 387 Å². The highest BCUT2D eigenvalue weighted by Gasteiger charge is 2.53. The molecule has 2 unspecified atom stereocenters. The average molecular weight is 914 g/mol. The summed E-state index contributed by atoms with van der Waals surface area (Å²) < 4.78 is 29.4. The Bertz CT molecular complexity index is 1760. The van der Waals surface area contributed by atoms with Gasteiger partial charge >= 0.3 is 5.97 Å². The van der Waals surface area contributed by atoms with E-state index in [1.165, 1.54) is 12.0 Å². The molecule has 3 fully saturated rings. The number of carbonyl (C=O) groups excluding carboxylic acids is 5. The number of nitrogens with zero attached hydrogens (tertiary/aromatic N) is 1. The maximum atomic E-state index is 14.4. The van der Waals surface area contributed by atoms with Crippen LogP contribution in [-0.2, 0) is 47.7 Å². The minimum absolute atomic E-state index is 0.0193. The second-order valence-corrected chi connectivity index (χ2v) is 19.6. The number of cyclic esters (lactones) is 1. The molecule has 65 heavy (non-hydrogen) atoms. The number of piperidine rings is 1. The Balaban J connectivity index is 1.70. The van der Waals surface area contributed by atoms with Gasteiger partial charge in [-0.15, -0.1) is 0 Å². The van der Waals surface area contributed by atoms with Gasteiger partial charge in [-0.05, 0) is 107 Å². The van der Waals surface area contributed by atoms with E-state index in [4.69, 9.17) is 23.7 Å². The SMILES string of the molecule is CO[C@H]1CC2CC[C@@H](C)[C@@](O)(O2)C(=O)C(=O)N2CCCC[C@H]2C(=O)O[C@H]([C@H](C)CC2CC[C@@H](O)[C@H](OC)C2)CC(=O)[C@H](C)/C=C(\C)[C@@H](O)[C@@H](OC)C(=O)[C@H](C)C[C@H](C)/C=C/C=C/C=C/1C. The molecule has 14 heteroatoms. The molecule has 2 bridgehead atoms. The lowest BCUT2D eigenvalue weighted by Gasteiger charge is -2.42. The van der Waals surface area contributed by atoms with Gasteiger partial charge in [0, 0.05) is 58.5 Å². The van der Waals surface area contributed by atoms with Gasteiger partial charge in [0.15, 0.2) is 5.78 Å². The number of methoxy groups -OCH3 is 3. The third-order valence-corrected chi connectivity index (χ3v) is 14.5. The smallest absolute Gasteiger partial charge is 0.329 e. The number of fused-ring (bicyclic) bond motifs is 3. The fourth-order valence-corrected chi connectivity index (χ4v) is 10.1. The Kier molecular flexibility index (Phi) is 21.0. The highest BCUT2D eigenvalue weighted by atomic mass is 16.6. The lowest BCUT2D eigenvalue weighted by Crippen LogP contribution is -2.61. The third kappa shape index (κ3) is 14.3. The lowest BCUT2D eigenvalue weighted by molar-refractivity contribution is -0.265. The van der Waals surface area contributed by atoms with E-state index in [0.29, 0.717) is 63.4 Å². The van der Waals surface area contributed by atoms with E-state index in [9.17, 15) is 39.3 Å². The van der Waals surface area contributed by atoms with Crippen molar-refractivity contribution in [2.24, 2.45) is 35.5 Å².